The van der Waals surface area contributed by atoms with Gasteiger partial charge < -0.3 is 9.47 Å². The molecule has 0 spiro atoms. The lowest BCUT2D eigenvalue weighted by Crippen LogP contribution is -2.22. The molecule has 32 heavy (non-hydrogen) atoms. The Hall–Kier alpha value is -1.90. The van der Waals surface area contributed by atoms with E-state index in [2.05, 4.69) is 43.9 Å². The zero-order valence-corrected chi connectivity index (χ0v) is 22.2. The van der Waals surface area contributed by atoms with E-state index in [9.17, 15) is 4.79 Å². The van der Waals surface area contributed by atoms with E-state index in [0.29, 0.717) is 49.7 Å². The van der Waals surface area contributed by atoms with Gasteiger partial charge in [0.15, 0.2) is 11.5 Å². The Balaban J connectivity index is 2.14. The lowest BCUT2D eigenvalue weighted by atomic mass is 10.2. The number of benzene rings is 2. The predicted octanol–water partition coefficient (Wildman–Crippen LogP) is 6.60. The standard InChI is InChI=1S/C23H24Br2ClN3O3/c1-5-6-7-19-28-17-9-8-15(24)11-16(17)23(30)29(19)27-12-14-10-18(31-4)22(32-13(2)3)21(26)20(14)25/h8-13H,5-7H2,1-4H3. The van der Waals surface area contributed by atoms with Crippen molar-refractivity contribution in [2.24, 2.45) is 5.10 Å². The van der Waals surface area contributed by atoms with Crippen LogP contribution in [-0.2, 0) is 6.42 Å². The van der Waals surface area contributed by atoms with Gasteiger partial charge >= 0.3 is 0 Å². The van der Waals surface area contributed by atoms with Crippen molar-refractivity contribution in [3.63, 3.8) is 0 Å². The lowest BCUT2D eigenvalue weighted by molar-refractivity contribution is 0.230. The highest BCUT2D eigenvalue weighted by molar-refractivity contribution is 9.10. The summed E-state index contributed by atoms with van der Waals surface area (Å²) in [5.74, 6) is 1.54. The summed E-state index contributed by atoms with van der Waals surface area (Å²) in [5.41, 5.74) is 1.06. The molecule has 0 atom stereocenters. The maximum absolute atomic E-state index is 13.2. The van der Waals surface area contributed by atoms with Crippen LogP contribution in [0.5, 0.6) is 11.5 Å². The molecule has 0 aliphatic rings. The van der Waals surface area contributed by atoms with E-state index < -0.39 is 0 Å². The monoisotopic (exact) mass is 583 g/mol. The van der Waals surface area contributed by atoms with Gasteiger partial charge in [0.2, 0.25) is 0 Å². The van der Waals surface area contributed by atoms with Crippen molar-refractivity contribution < 1.29 is 9.47 Å². The molecule has 0 amide bonds. The summed E-state index contributed by atoms with van der Waals surface area (Å²) in [6.07, 6.45) is 4.01. The Labute approximate surface area is 208 Å². The van der Waals surface area contributed by atoms with Crippen LogP contribution in [0.4, 0.5) is 0 Å². The second kappa shape index (κ2) is 10.8. The van der Waals surface area contributed by atoms with Crippen molar-refractivity contribution >= 4 is 60.6 Å². The third kappa shape index (κ3) is 5.35. The molecule has 3 rings (SSSR count). The van der Waals surface area contributed by atoms with Gasteiger partial charge in [-0.1, -0.05) is 40.9 Å². The lowest BCUT2D eigenvalue weighted by Gasteiger charge is -2.17. The Kier molecular flexibility index (Phi) is 8.36. The number of fused-ring (bicyclic) bond motifs is 1. The van der Waals surface area contributed by atoms with Crippen LogP contribution in [0.2, 0.25) is 5.02 Å². The average Bonchev–Trinajstić information content (AvgIpc) is 2.76. The minimum Gasteiger partial charge on any atom is -0.493 e. The predicted molar refractivity (Wildman–Crippen MR) is 137 cm³/mol. The van der Waals surface area contributed by atoms with Gasteiger partial charge in [-0.2, -0.15) is 9.78 Å². The molecule has 0 unspecified atom stereocenters. The van der Waals surface area contributed by atoms with Crippen LogP contribution in [0.15, 0.2) is 43.1 Å². The summed E-state index contributed by atoms with van der Waals surface area (Å²) in [6, 6.07) is 7.23. The fraction of sp³-hybridized carbons (Fsp3) is 0.348. The van der Waals surface area contributed by atoms with E-state index >= 15 is 0 Å². The summed E-state index contributed by atoms with van der Waals surface area (Å²) < 4.78 is 14.0. The molecule has 0 aliphatic heterocycles. The van der Waals surface area contributed by atoms with Crippen LogP contribution in [0.1, 0.15) is 45.0 Å². The summed E-state index contributed by atoms with van der Waals surface area (Å²) in [7, 11) is 1.55. The number of hydrogen-bond acceptors (Lipinski definition) is 5. The number of ether oxygens (including phenoxy) is 2. The quantitative estimate of drug-likeness (QED) is 0.280. The van der Waals surface area contributed by atoms with Crippen molar-refractivity contribution in [1.29, 1.82) is 0 Å². The van der Waals surface area contributed by atoms with Crippen LogP contribution < -0.4 is 15.0 Å². The molecule has 0 saturated heterocycles. The van der Waals surface area contributed by atoms with Gasteiger partial charge in [0.1, 0.15) is 10.8 Å². The van der Waals surface area contributed by atoms with E-state index in [0.717, 1.165) is 17.3 Å². The highest BCUT2D eigenvalue weighted by Gasteiger charge is 2.18. The maximum Gasteiger partial charge on any atom is 0.282 e. The number of unbranched alkanes of at least 4 members (excludes halogenated alkanes) is 1. The Bertz CT molecular complexity index is 1230. The number of aromatic nitrogens is 2. The molecule has 0 bridgehead atoms. The SMILES string of the molecule is CCCCc1nc2ccc(Br)cc2c(=O)n1N=Cc1cc(OC)c(OC(C)C)c(Cl)c1Br. The molecule has 0 fully saturated rings. The smallest absolute Gasteiger partial charge is 0.282 e. The topological polar surface area (TPSA) is 65.7 Å². The third-order valence-corrected chi connectivity index (χ3v) is 6.61. The third-order valence-electron chi connectivity index (χ3n) is 4.67. The van der Waals surface area contributed by atoms with E-state index in [1.54, 1.807) is 25.5 Å². The summed E-state index contributed by atoms with van der Waals surface area (Å²) in [6.45, 7) is 5.92. The van der Waals surface area contributed by atoms with Crippen LogP contribution in [0.3, 0.4) is 0 Å². The van der Waals surface area contributed by atoms with Gasteiger partial charge in [-0.25, -0.2) is 4.98 Å². The molecule has 9 heteroatoms. The van der Waals surface area contributed by atoms with E-state index in [1.807, 2.05) is 26.0 Å². The van der Waals surface area contributed by atoms with Crippen LogP contribution in [-0.4, -0.2) is 29.1 Å². The zero-order valence-electron chi connectivity index (χ0n) is 18.3. The van der Waals surface area contributed by atoms with Gasteiger partial charge in [0.05, 0.1) is 30.3 Å². The first-order chi connectivity index (χ1) is 15.3. The van der Waals surface area contributed by atoms with Gasteiger partial charge in [0, 0.05) is 20.9 Å². The maximum atomic E-state index is 13.2. The first-order valence-electron chi connectivity index (χ1n) is 10.2. The van der Waals surface area contributed by atoms with Crippen molar-refractivity contribution in [3.8, 4) is 11.5 Å². The normalized spacial score (nSPS) is 11.6. The first-order valence-corrected chi connectivity index (χ1v) is 12.2. The molecular formula is C23H24Br2ClN3O3. The molecule has 0 N–H and O–H groups in total. The number of rotatable bonds is 8. The van der Waals surface area contributed by atoms with E-state index in [1.165, 1.54) is 4.68 Å². The molecule has 1 aromatic heterocycles. The molecule has 1 heterocycles. The molecule has 0 saturated carbocycles. The highest BCUT2D eigenvalue weighted by atomic mass is 79.9. The van der Waals surface area contributed by atoms with E-state index in [4.69, 9.17) is 26.1 Å². The summed E-state index contributed by atoms with van der Waals surface area (Å²) >= 11 is 13.5. The molecule has 170 valence electrons. The minimum absolute atomic E-state index is 0.0736. The van der Waals surface area contributed by atoms with Crippen LogP contribution in [0, 0.1) is 0 Å². The van der Waals surface area contributed by atoms with Gasteiger partial charge in [-0.3, -0.25) is 4.79 Å². The first kappa shape index (κ1) is 24.7. The summed E-state index contributed by atoms with van der Waals surface area (Å²) in [4.78, 5) is 17.9. The molecule has 6 nitrogen and oxygen atoms in total. The Morgan fingerprint density at radius 3 is 2.69 bits per heavy atom. The molecule has 0 radical (unpaired) electrons. The number of nitrogens with zero attached hydrogens (tertiary/aromatic N) is 3. The molecule has 0 aliphatic carbocycles. The van der Waals surface area contributed by atoms with Crippen LogP contribution in [0.25, 0.3) is 10.9 Å². The summed E-state index contributed by atoms with van der Waals surface area (Å²) in [5, 5.41) is 5.36. The van der Waals surface area contributed by atoms with Crippen molar-refractivity contribution in [2.75, 3.05) is 7.11 Å². The number of aryl methyl sites for hydroxylation is 1. The fourth-order valence-corrected chi connectivity index (χ4v) is 4.13. The number of methoxy groups -OCH3 is 1. The fourth-order valence-electron chi connectivity index (χ4n) is 3.13. The molecular weight excluding hydrogens is 562 g/mol. The van der Waals surface area contributed by atoms with Crippen molar-refractivity contribution in [3.05, 3.63) is 60.0 Å². The second-order valence-electron chi connectivity index (χ2n) is 7.45. The van der Waals surface area contributed by atoms with Crippen molar-refractivity contribution in [1.82, 2.24) is 9.66 Å². The minimum atomic E-state index is -0.229. The number of hydrogen-bond donors (Lipinski definition) is 0. The molecule has 3 aromatic rings. The second-order valence-corrected chi connectivity index (χ2v) is 9.53. The van der Waals surface area contributed by atoms with Crippen molar-refractivity contribution in [2.45, 2.75) is 46.1 Å². The molecule has 2 aromatic carbocycles. The van der Waals surface area contributed by atoms with E-state index in [-0.39, 0.29) is 11.7 Å². The van der Waals surface area contributed by atoms with Crippen LogP contribution >= 0.6 is 43.5 Å². The largest absolute Gasteiger partial charge is 0.493 e. The van der Waals surface area contributed by atoms with Gasteiger partial charge in [-0.05, 0) is 60.5 Å². The number of halogens is 3. The Morgan fingerprint density at radius 1 is 1.28 bits per heavy atom. The average molecular weight is 586 g/mol. The zero-order chi connectivity index (χ0) is 23.4. The van der Waals surface area contributed by atoms with Gasteiger partial charge in [-0.15, -0.1) is 0 Å². The van der Waals surface area contributed by atoms with Gasteiger partial charge in [0.25, 0.3) is 5.56 Å². The Morgan fingerprint density at radius 2 is 2.03 bits per heavy atom. The highest BCUT2D eigenvalue weighted by Crippen LogP contribution is 2.42.